The van der Waals surface area contributed by atoms with Gasteiger partial charge in [0.05, 0.1) is 33.0 Å². The third-order valence-corrected chi connectivity index (χ3v) is 5.64. The molecule has 1 fully saturated rings. The second-order valence-corrected chi connectivity index (χ2v) is 7.49. The van der Waals surface area contributed by atoms with Crippen LogP contribution in [0.3, 0.4) is 0 Å². The predicted molar refractivity (Wildman–Crippen MR) is 100 cm³/mol. The Hall–Kier alpha value is -2.27. The van der Waals surface area contributed by atoms with Crippen LogP contribution < -0.4 is 9.64 Å². The van der Waals surface area contributed by atoms with E-state index in [4.69, 9.17) is 9.15 Å². The summed E-state index contributed by atoms with van der Waals surface area (Å²) in [6, 6.07) is 12.2. The molecule has 1 aliphatic rings. The fourth-order valence-electron chi connectivity index (χ4n) is 3.88. The van der Waals surface area contributed by atoms with E-state index in [-0.39, 0.29) is 11.9 Å². The predicted octanol–water partition coefficient (Wildman–Crippen LogP) is 2.24. The van der Waals surface area contributed by atoms with Gasteiger partial charge in [-0.1, -0.05) is 19.1 Å². The van der Waals surface area contributed by atoms with Gasteiger partial charge < -0.3 is 19.0 Å². The van der Waals surface area contributed by atoms with Crippen LogP contribution >= 0.6 is 0 Å². The highest BCUT2D eigenvalue weighted by atomic mass is 16.5. The molecule has 5 nitrogen and oxygen atoms in total. The van der Waals surface area contributed by atoms with E-state index >= 15 is 0 Å². The molecule has 0 radical (unpaired) electrons. The molecule has 3 rings (SSSR count). The van der Waals surface area contributed by atoms with Crippen LogP contribution in [0.2, 0.25) is 0 Å². The lowest BCUT2D eigenvalue weighted by Gasteiger charge is -2.42. The van der Waals surface area contributed by atoms with Crippen LogP contribution in [0.5, 0.6) is 5.75 Å². The molecule has 1 unspecified atom stereocenters. The number of furan rings is 1. The number of rotatable bonds is 5. The molecule has 1 aromatic carbocycles. The van der Waals surface area contributed by atoms with Crippen LogP contribution in [0.25, 0.3) is 0 Å². The van der Waals surface area contributed by atoms with Gasteiger partial charge in [0.15, 0.2) is 5.76 Å². The summed E-state index contributed by atoms with van der Waals surface area (Å²) in [6.07, 6.45) is 2.55. The Kier molecular flexibility index (Phi) is 5.67. The van der Waals surface area contributed by atoms with Crippen molar-refractivity contribution in [1.29, 1.82) is 0 Å². The van der Waals surface area contributed by atoms with Gasteiger partial charge in [-0.25, -0.2) is 0 Å². The van der Waals surface area contributed by atoms with E-state index in [1.807, 2.05) is 29.2 Å². The third kappa shape index (κ3) is 3.93. The summed E-state index contributed by atoms with van der Waals surface area (Å²) in [7, 11) is 3.89. The molecule has 0 saturated carbocycles. The first-order valence-corrected chi connectivity index (χ1v) is 9.29. The van der Waals surface area contributed by atoms with Crippen molar-refractivity contribution in [2.45, 2.75) is 38.9 Å². The summed E-state index contributed by atoms with van der Waals surface area (Å²) in [5, 5.41) is 0. The molecule has 1 N–H and O–H groups in total. The van der Waals surface area contributed by atoms with Gasteiger partial charge >= 0.3 is 0 Å². The number of carbonyl (C=O) groups excluding carboxylic acids is 1. The fourth-order valence-corrected chi connectivity index (χ4v) is 3.88. The Morgan fingerprint density at radius 1 is 1.27 bits per heavy atom. The summed E-state index contributed by atoms with van der Waals surface area (Å²) in [5.41, 5.74) is 1.09. The van der Waals surface area contributed by atoms with Gasteiger partial charge in [0, 0.05) is 24.9 Å². The molecule has 2 heterocycles. The molecule has 1 aromatic heterocycles. The number of piperidine rings is 1. The maximum atomic E-state index is 13.2. The number of hydrogen-bond acceptors (Lipinski definition) is 3. The number of likely N-dealkylation sites (tertiary alicyclic amines) is 1. The quantitative estimate of drug-likeness (QED) is 0.893. The van der Waals surface area contributed by atoms with Crippen LogP contribution in [0.4, 0.5) is 0 Å². The molecule has 0 bridgehead atoms. The van der Waals surface area contributed by atoms with Gasteiger partial charge in [0.25, 0.3) is 5.91 Å². The van der Waals surface area contributed by atoms with Crippen molar-refractivity contribution in [2.75, 3.05) is 20.7 Å². The second-order valence-electron chi connectivity index (χ2n) is 7.49. The van der Waals surface area contributed by atoms with Crippen molar-refractivity contribution < 1.29 is 18.8 Å². The van der Waals surface area contributed by atoms with E-state index in [9.17, 15) is 4.79 Å². The lowest BCUT2D eigenvalue weighted by Crippen LogP contribution is -3.15. The SMILES string of the molecule is COc1ccc(CN(C(=O)c2ccco2)[C@H]2C[C@H](C)[NH+](C)C[C@H]2C)cc1. The highest BCUT2D eigenvalue weighted by molar-refractivity contribution is 5.91. The highest BCUT2D eigenvalue weighted by Crippen LogP contribution is 2.24. The van der Waals surface area contributed by atoms with E-state index < -0.39 is 0 Å². The van der Waals surface area contributed by atoms with Crippen molar-refractivity contribution in [3.05, 3.63) is 54.0 Å². The zero-order valence-corrected chi connectivity index (χ0v) is 16.1. The molecular weight excluding hydrogens is 328 g/mol. The Morgan fingerprint density at radius 2 is 2.00 bits per heavy atom. The summed E-state index contributed by atoms with van der Waals surface area (Å²) >= 11 is 0. The number of hydrogen-bond donors (Lipinski definition) is 1. The largest absolute Gasteiger partial charge is 0.497 e. The summed E-state index contributed by atoms with van der Waals surface area (Å²) < 4.78 is 10.6. The standard InChI is InChI=1S/C21H28N2O3/c1-15-13-22(3)16(2)12-19(15)23(21(24)20-6-5-11-26-20)14-17-7-9-18(25-4)10-8-17/h5-11,15-16,19H,12-14H2,1-4H3/p+1/t15-,16+,19+/m1/s1. The number of ether oxygens (including phenoxy) is 1. The molecule has 5 heteroatoms. The Balaban J connectivity index is 1.87. The topological polar surface area (TPSA) is 47.1 Å². The minimum Gasteiger partial charge on any atom is -0.497 e. The molecular formula is C21H29N2O3+. The van der Waals surface area contributed by atoms with Crippen LogP contribution in [-0.2, 0) is 6.54 Å². The average Bonchev–Trinajstić information content (AvgIpc) is 3.18. The normalized spacial score (nSPS) is 25.7. The first-order chi connectivity index (χ1) is 12.5. The van der Waals surface area contributed by atoms with Crippen molar-refractivity contribution >= 4 is 5.91 Å². The summed E-state index contributed by atoms with van der Waals surface area (Å²) in [6.45, 7) is 6.15. The number of benzene rings is 1. The van der Waals surface area contributed by atoms with Gasteiger partial charge in [-0.3, -0.25) is 4.79 Å². The summed E-state index contributed by atoms with van der Waals surface area (Å²) in [4.78, 5) is 16.7. The first-order valence-electron chi connectivity index (χ1n) is 9.29. The van der Waals surface area contributed by atoms with E-state index in [0.29, 0.717) is 24.3 Å². The number of quaternary nitrogens is 1. The first kappa shape index (κ1) is 18.5. The zero-order chi connectivity index (χ0) is 18.7. The van der Waals surface area contributed by atoms with Crippen molar-refractivity contribution in [2.24, 2.45) is 5.92 Å². The lowest BCUT2D eigenvalue weighted by atomic mass is 9.88. The molecule has 1 saturated heterocycles. The van der Waals surface area contributed by atoms with E-state index in [1.54, 1.807) is 25.5 Å². The highest BCUT2D eigenvalue weighted by Gasteiger charge is 2.38. The Bertz CT molecular complexity index is 711. The molecule has 0 spiro atoms. The van der Waals surface area contributed by atoms with Crippen molar-refractivity contribution in [1.82, 2.24) is 4.90 Å². The number of amides is 1. The van der Waals surface area contributed by atoms with Gasteiger partial charge in [0.1, 0.15) is 5.75 Å². The van der Waals surface area contributed by atoms with Crippen LogP contribution in [0.1, 0.15) is 36.4 Å². The summed E-state index contributed by atoms with van der Waals surface area (Å²) in [5.74, 6) is 1.63. The third-order valence-electron chi connectivity index (χ3n) is 5.64. The lowest BCUT2D eigenvalue weighted by molar-refractivity contribution is -0.913. The van der Waals surface area contributed by atoms with Crippen molar-refractivity contribution in [3.63, 3.8) is 0 Å². The molecule has 1 amide bonds. The van der Waals surface area contributed by atoms with Gasteiger partial charge in [-0.05, 0) is 36.8 Å². The number of nitrogens with zero attached hydrogens (tertiary/aromatic N) is 1. The van der Waals surface area contributed by atoms with Crippen molar-refractivity contribution in [3.8, 4) is 5.75 Å². The monoisotopic (exact) mass is 357 g/mol. The Labute approximate surface area is 155 Å². The van der Waals surface area contributed by atoms with Crippen LogP contribution in [0, 0.1) is 5.92 Å². The molecule has 140 valence electrons. The number of methoxy groups -OCH3 is 1. The second kappa shape index (κ2) is 7.96. The fraction of sp³-hybridized carbons (Fsp3) is 0.476. The van der Waals surface area contributed by atoms with Gasteiger partial charge in [-0.15, -0.1) is 0 Å². The zero-order valence-electron chi connectivity index (χ0n) is 16.1. The Morgan fingerprint density at radius 3 is 2.62 bits per heavy atom. The van der Waals surface area contributed by atoms with E-state index in [2.05, 4.69) is 20.9 Å². The van der Waals surface area contributed by atoms with Crippen LogP contribution in [0.15, 0.2) is 47.1 Å². The maximum absolute atomic E-state index is 13.2. The molecule has 0 aliphatic carbocycles. The molecule has 2 aromatic rings. The minimum atomic E-state index is -0.0329. The van der Waals surface area contributed by atoms with Gasteiger partial charge in [-0.2, -0.15) is 0 Å². The van der Waals surface area contributed by atoms with E-state index in [1.165, 1.54) is 4.90 Å². The smallest absolute Gasteiger partial charge is 0.290 e. The number of nitrogens with one attached hydrogen (secondary N) is 1. The molecule has 4 atom stereocenters. The maximum Gasteiger partial charge on any atom is 0.290 e. The van der Waals surface area contributed by atoms with E-state index in [0.717, 1.165) is 24.3 Å². The minimum absolute atomic E-state index is 0.0329. The van der Waals surface area contributed by atoms with Crippen LogP contribution in [-0.4, -0.2) is 43.6 Å². The molecule has 26 heavy (non-hydrogen) atoms. The van der Waals surface area contributed by atoms with Gasteiger partial charge in [0.2, 0.25) is 0 Å². The number of carbonyl (C=O) groups is 1. The average molecular weight is 357 g/mol. The molecule has 1 aliphatic heterocycles.